The molecule has 0 saturated heterocycles. The Morgan fingerprint density at radius 2 is 2.16 bits per heavy atom. The Labute approximate surface area is 154 Å². The Morgan fingerprint density at radius 3 is 2.92 bits per heavy atom. The summed E-state index contributed by atoms with van der Waals surface area (Å²) in [5.41, 5.74) is 1.60. The predicted octanol–water partition coefficient (Wildman–Crippen LogP) is 2.34. The number of aryl methyl sites for hydroxylation is 1. The van der Waals surface area contributed by atoms with Crippen LogP contribution in [0.3, 0.4) is 0 Å². The minimum atomic E-state index is -0.214. The van der Waals surface area contributed by atoms with Crippen molar-refractivity contribution in [1.82, 2.24) is 15.5 Å². The van der Waals surface area contributed by atoms with Crippen molar-refractivity contribution in [2.24, 2.45) is 0 Å². The zero-order valence-electron chi connectivity index (χ0n) is 14.1. The van der Waals surface area contributed by atoms with Crippen LogP contribution in [0.15, 0.2) is 28.6 Å². The maximum Gasteiger partial charge on any atom is 0.251 e. The number of nitrogens with one attached hydrogen (secondary N) is 2. The second-order valence-electron chi connectivity index (χ2n) is 5.14. The van der Waals surface area contributed by atoms with E-state index in [9.17, 15) is 9.59 Å². The maximum atomic E-state index is 12.0. The second kappa shape index (κ2) is 10.1. The number of carbonyl (C=O) groups is 2. The summed E-state index contributed by atoms with van der Waals surface area (Å²) >= 11 is 2.84. The molecule has 0 saturated carbocycles. The topological polar surface area (TPSA) is 93.2 Å². The van der Waals surface area contributed by atoms with Crippen LogP contribution in [-0.2, 0) is 9.53 Å². The molecule has 0 spiro atoms. The van der Waals surface area contributed by atoms with Gasteiger partial charge in [-0.2, -0.15) is 0 Å². The average Bonchev–Trinajstić information content (AvgIpc) is 3.02. The third-order valence-electron chi connectivity index (χ3n) is 3.08. The highest BCUT2D eigenvalue weighted by atomic mass is 32.2. The first-order valence-electron chi connectivity index (χ1n) is 7.68. The van der Waals surface area contributed by atoms with E-state index in [1.165, 1.54) is 23.1 Å². The smallest absolute Gasteiger partial charge is 0.251 e. The van der Waals surface area contributed by atoms with Gasteiger partial charge in [0, 0.05) is 31.4 Å². The van der Waals surface area contributed by atoms with Crippen LogP contribution < -0.4 is 10.6 Å². The number of hydrogen-bond donors (Lipinski definition) is 2. The molecular weight excluding hydrogens is 360 g/mol. The Hall–Kier alpha value is -1.97. The summed E-state index contributed by atoms with van der Waals surface area (Å²) in [6.45, 7) is 2.81. The van der Waals surface area contributed by atoms with E-state index >= 15 is 0 Å². The lowest BCUT2D eigenvalue weighted by Gasteiger charge is -2.05. The fourth-order valence-corrected chi connectivity index (χ4v) is 3.63. The third-order valence-corrected chi connectivity index (χ3v) is 5.02. The molecule has 1 aromatic carbocycles. The Kier molecular flexibility index (Phi) is 7.83. The second-order valence-corrected chi connectivity index (χ2v) is 7.46. The van der Waals surface area contributed by atoms with Crippen molar-refractivity contribution in [3.63, 3.8) is 0 Å². The molecular formula is C16H20N4O3S2. The summed E-state index contributed by atoms with van der Waals surface area (Å²) in [5.74, 6) is 0.378. The lowest BCUT2D eigenvalue weighted by Crippen LogP contribution is -2.27. The normalized spacial score (nSPS) is 10.5. The average molecular weight is 380 g/mol. The standard InChI is InChI=1S/C16H20N4O3S2/c1-11-4-3-5-12(10-11)14(22)17-7-6-13(21)18-15-19-20-16(25-15)24-9-8-23-2/h3-5,10H,6-9H2,1-2H3,(H,17,22)(H,18,19,21). The van der Waals surface area contributed by atoms with Gasteiger partial charge >= 0.3 is 0 Å². The van der Waals surface area contributed by atoms with E-state index in [0.29, 0.717) is 17.3 Å². The first-order valence-corrected chi connectivity index (χ1v) is 9.48. The highest BCUT2D eigenvalue weighted by molar-refractivity contribution is 8.01. The molecule has 2 rings (SSSR count). The largest absolute Gasteiger partial charge is 0.384 e. The highest BCUT2D eigenvalue weighted by Gasteiger charge is 2.10. The minimum absolute atomic E-state index is 0.170. The van der Waals surface area contributed by atoms with Gasteiger partial charge in [-0.3, -0.25) is 9.59 Å². The van der Waals surface area contributed by atoms with Crippen molar-refractivity contribution in [3.8, 4) is 0 Å². The number of anilines is 1. The van der Waals surface area contributed by atoms with E-state index in [0.717, 1.165) is 15.7 Å². The minimum Gasteiger partial charge on any atom is -0.384 e. The van der Waals surface area contributed by atoms with Crippen LogP contribution >= 0.6 is 23.1 Å². The van der Waals surface area contributed by atoms with Crippen LogP contribution in [0.25, 0.3) is 0 Å². The summed E-state index contributed by atoms with van der Waals surface area (Å²) in [6, 6.07) is 7.30. The number of hydrogen-bond acceptors (Lipinski definition) is 7. The zero-order chi connectivity index (χ0) is 18.1. The van der Waals surface area contributed by atoms with Gasteiger partial charge in [0.1, 0.15) is 0 Å². The first kappa shape index (κ1) is 19.4. The number of thioether (sulfide) groups is 1. The van der Waals surface area contributed by atoms with E-state index in [2.05, 4.69) is 20.8 Å². The van der Waals surface area contributed by atoms with Gasteiger partial charge in [-0.25, -0.2) is 0 Å². The van der Waals surface area contributed by atoms with Crippen LogP contribution in [0.5, 0.6) is 0 Å². The number of rotatable bonds is 9. The summed E-state index contributed by atoms with van der Waals surface area (Å²) in [5, 5.41) is 13.8. The number of amides is 2. The molecule has 9 heteroatoms. The van der Waals surface area contributed by atoms with Crippen LogP contribution in [0.1, 0.15) is 22.3 Å². The predicted molar refractivity (Wildman–Crippen MR) is 99.3 cm³/mol. The van der Waals surface area contributed by atoms with Crippen LogP contribution in [-0.4, -0.2) is 48.0 Å². The summed E-state index contributed by atoms with van der Waals surface area (Å²) in [4.78, 5) is 23.9. The molecule has 7 nitrogen and oxygen atoms in total. The lowest BCUT2D eigenvalue weighted by molar-refractivity contribution is -0.116. The molecule has 0 aliphatic heterocycles. The number of nitrogens with zero attached hydrogens (tertiary/aromatic N) is 2. The fraction of sp³-hybridized carbons (Fsp3) is 0.375. The first-order chi connectivity index (χ1) is 12.1. The highest BCUT2D eigenvalue weighted by Crippen LogP contribution is 2.25. The zero-order valence-corrected chi connectivity index (χ0v) is 15.7. The third kappa shape index (κ3) is 6.81. The van der Waals surface area contributed by atoms with E-state index in [-0.39, 0.29) is 24.8 Å². The number of ether oxygens (including phenoxy) is 1. The summed E-state index contributed by atoms with van der Waals surface area (Å²) in [6.07, 6.45) is 0.170. The molecule has 2 aromatic rings. The lowest BCUT2D eigenvalue weighted by atomic mass is 10.1. The molecule has 0 bridgehead atoms. The Balaban J connectivity index is 1.71. The van der Waals surface area contributed by atoms with E-state index in [1.807, 2.05) is 19.1 Å². The van der Waals surface area contributed by atoms with Gasteiger partial charge in [-0.05, 0) is 19.1 Å². The summed E-state index contributed by atoms with van der Waals surface area (Å²) < 4.78 is 5.75. The monoisotopic (exact) mass is 380 g/mol. The van der Waals surface area contributed by atoms with Gasteiger partial charge < -0.3 is 15.4 Å². The van der Waals surface area contributed by atoms with Crippen molar-refractivity contribution in [2.45, 2.75) is 17.7 Å². The molecule has 2 N–H and O–H groups in total. The van der Waals surface area contributed by atoms with Crippen LogP contribution in [0, 0.1) is 6.92 Å². The van der Waals surface area contributed by atoms with Crippen molar-refractivity contribution >= 4 is 40.0 Å². The van der Waals surface area contributed by atoms with Gasteiger partial charge in [-0.15, -0.1) is 10.2 Å². The van der Waals surface area contributed by atoms with Gasteiger partial charge in [0.05, 0.1) is 6.61 Å². The van der Waals surface area contributed by atoms with Crippen molar-refractivity contribution < 1.29 is 14.3 Å². The maximum absolute atomic E-state index is 12.0. The molecule has 1 heterocycles. The molecule has 2 amide bonds. The summed E-state index contributed by atoms with van der Waals surface area (Å²) in [7, 11) is 1.64. The fourth-order valence-electron chi connectivity index (χ4n) is 1.89. The van der Waals surface area contributed by atoms with Crippen LogP contribution in [0.2, 0.25) is 0 Å². The van der Waals surface area contributed by atoms with Crippen molar-refractivity contribution in [3.05, 3.63) is 35.4 Å². The number of benzene rings is 1. The number of methoxy groups -OCH3 is 1. The van der Waals surface area contributed by atoms with E-state index in [4.69, 9.17) is 4.74 Å². The van der Waals surface area contributed by atoms with E-state index in [1.54, 1.807) is 19.2 Å². The quantitative estimate of drug-likeness (QED) is 0.394. The molecule has 0 unspecified atom stereocenters. The Morgan fingerprint density at radius 1 is 1.32 bits per heavy atom. The molecule has 0 fully saturated rings. The number of carbonyl (C=O) groups excluding carboxylic acids is 2. The molecule has 0 atom stereocenters. The van der Waals surface area contributed by atoms with Gasteiger partial charge in [-0.1, -0.05) is 40.8 Å². The molecule has 0 aliphatic carbocycles. The molecule has 1 aromatic heterocycles. The van der Waals surface area contributed by atoms with Gasteiger partial charge in [0.2, 0.25) is 11.0 Å². The SMILES string of the molecule is COCCSc1nnc(NC(=O)CCNC(=O)c2cccc(C)c2)s1. The van der Waals surface area contributed by atoms with Crippen LogP contribution in [0.4, 0.5) is 5.13 Å². The Bertz CT molecular complexity index is 721. The van der Waals surface area contributed by atoms with Gasteiger partial charge in [0.25, 0.3) is 5.91 Å². The molecule has 0 radical (unpaired) electrons. The molecule has 25 heavy (non-hydrogen) atoms. The van der Waals surface area contributed by atoms with Crippen molar-refractivity contribution in [1.29, 1.82) is 0 Å². The van der Waals surface area contributed by atoms with E-state index < -0.39 is 0 Å². The number of aromatic nitrogens is 2. The van der Waals surface area contributed by atoms with Crippen molar-refractivity contribution in [2.75, 3.05) is 31.3 Å². The van der Waals surface area contributed by atoms with Gasteiger partial charge in [0.15, 0.2) is 4.34 Å². The molecule has 134 valence electrons. The molecule has 0 aliphatic rings.